The number of rotatable bonds is 4. The van der Waals surface area contributed by atoms with Crippen LogP contribution in [-0.4, -0.2) is 36.2 Å². The maximum absolute atomic E-state index is 9.13. The van der Waals surface area contributed by atoms with E-state index in [1.54, 1.807) is 0 Å². The summed E-state index contributed by atoms with van der Waals surface area (Å²) < 4.78 is 0. The molecule has 0 aromatic rings. The van der Waals surface area contributed by atoms with Crippen LogP contribution in [0.1, 0.15) is 45.4 Å². The molecule has 2 heteroatoms. The van der Waals surface area contributed by atoms with Gasteiger partial charge in [-0.3, -0.25) is 0 Å². The lowest BCUT2D eigenvalue weighted by atomic mass is 9.81. The van der Waals surface area contributed by atoms with Gasteiger partial charge in [-0.2, -0.15) is 0 Å². The van der Waals surface area contributed by atoms with Crippen molar-refractivity contribution in [3.05, 3.63) is 0 Å². The van der Waals surface area contributed by atoms with Gasteiger partial charge in [0.2, 0.25) is 0 Å². The first-order chi connectivity index (χ1) is 7.81. The summed E-state index contributed by atoms with van der Waals surface area (Å²) in [5.74, 6) is 2.52. The van der Waals surface area contributed by atoms with Crippen LogP contribution in [-0.2, 0) is 0 Å². The number of hydrogen-bond donors (Lipinski definition) is 1. The lowest BCUT2D eigenvalue weighted by molar-refractivity contribution is 0.184. The number of aliphatic hydroxyl groups excluding tert-OH is 1. The van der Waals surface area contributed by atoms with Gasteiger partial charge in [0.25, 0.3) is 0 Å². The van der Waals surface area contributed by atoms with E-state index >= 15 is 0 Å². The van der Waals surface area contributed by atoms with Gasteiger partial charge in [-0.1, -0.05) is 26.2 Å². The molecule has 2 aliphatic rings. The van der Waals surface area contributed by atoms with Crippen molar-refractivity contribution >= 4 is 0 Å². The molecule has 16 heavy (non-hydrogen) atoms. The van der Waals surface area contributed by atoms with Crippen LogP contribution in [0, 0.1) is 17.8 Å². The summed E-state index contributed by atoms with van der Waals surface area (Å²) in [6.07, 6.45) is 8.39. The van der Waals surface area contributed by atoms with Gasteiger partial charge in [0.05, 0.1) is 0 Å². The van der Waals surface area contributed by atoms with E-state index in [1.165, 1.54) is 51.6 Å². The van der Waals surface area contributed by atoms with E-state index in [9.17, 15) is 0 Å². The van der Waals surface area contributed by atoms with Crippen molar-refractivity contribution < 1.29 is 5.11 Å². The highest BCUT2D eigenvalue weighted by Gasteiger charge is 2.26. The Morgan fingerprint density at radius 1 is 1.00 bits per heavy atom. The summed E-state index contributed by atoms with van der Waals surface area (Å²) in [6, 6.07) is 0. The molecule has 1 N–H and O–H groups in total. The SMILES string of the molecule is CCC1CCC(CN2CCC(CO)C2)CC1. The molecule has 0 aromatic heterocycles. The van der Waals surface area contributed by atoms with Crippen LogP contribution in [0.25, 0.3) is 0 Å². The Morgan fingerprint density at radius 3 is 2.25 bits per heavy atom. The molecule has 0 radical (unpaired) electrons. The molecular formula is C14H27NO. The molecule has 1 unspecified atom stereocenters. The molecule has 94 valence electrons. The van der Waals surface area contributed by atoms with Gasteiger partial charge in [-0.25, -0.2) is 0 Å². The molecule has 1 saturated heterocycles. The van der Waals surface area contributed by atoms with Crippen molar-refractivity contribution in [3.63, 3.8) is 0 Å². The summed E-state index contributed by atoms with van der Waals surface area (Å²) in [5.41, 5.74) is 0. The second-order valence-electron chi connectivity index (χ2n) is 5.89. The Bertz CT molecular complexity index is 199. The first kappa shape index (κ1) is 12.4. The zero-order valence-electron chi connectivity index (χ0n) is 10.7. The fourth-order valence-corrected chi connectivity index (χ4v) is 3.42. The number of hydrogen-bond acceptors (Lipinski definition) is 2. The Hall–Kier alpha value is -0.0800. The van der Waals surface area contributed by atoms with Crippen LogP contribution in [0.5, 0.6) is 0 Å². The predicted molar refractivity (Wildman–Crippen MR) is 67.4 cm³/mol. The maximum Gasteiger partial charge on any atom is 0.0471 e. The molecule has 0 aromatic carbocycles. The average Bonchev–Trinajstić information content (AvgIpc) is 2.78. The maximum atomic E-state index is 9.13. The minimum absolute atomic E-state index is 0.388. The van der Waals surface area contributed by atoms with Gasteiger partial charge < -0.3 is 10.0 Å². The van der Waals surface area contributed by atoms with Gasteiger partial charge in [-0.15, -0.1) is 0 Å². The van der Waals surface area contributed by atoms with E-state index < -0.39 is 0 Å². The van der Waals surface area contributed by atoms with Crippen LogP contribution >= 0.6 is 0 Å². The number of likely N-dealkylation sites (tertiary alicyclic amines) is 1. The van der Waals surface area contributed by atoms with Crippen molar-refractivity contribution in [2.75, 3.05) is 26.2 Å². The van der Waals surface area contributed by atoms with E-state index in [4.69, 9.17) is 5.11 Å². The van der Waals surface area contributed by atoms with Crippen molar-refractivity contribution in [2.24, 2.45) is 17.8 Å². The van der Waals surface area contributed by atoms with Crippen molar-refractivity contribution in [2.45, 2.75) is 45.4 Å². The first-order valence-electron chi connectivity index (χ1n) is 7.15. The molecule has 2 fully saturated rings. The quantitative estimate of drug-likeness (QED) is 0.794. The lowest BCUT2D eigenvalue weighted by Gasteiger charge is -2.30. The molecular weight excluding hydrogens is 198 g/mol. The van der Waals surface area contributed by atoms with Crippen LogP contribution in [0.15, 0.2) is 0 Å². The molecule has 0 bridgehead atoms. The highest BCUT2D eigenvalue weighted by molar-refractivity contribution is 4.79. The van der Waals surface area contributed by atoms with E-state index in [1.807, 2.05) is 0 Å². The predicted octanol–water partition coefficient (Wildman–Crippen LogP) is 2.52. The van der Waals surface area contributed by atoms with Crippen LogP contribution < -0.4 is 0 Å². The zero-order chi connectivity index (χ0) is 11.4. The van der Waals surface area contributed by atoms with Crippen molar-refractivity contribution in [3.8, 4) is 0 Å². The van der Waals surface area contributed by atoms with E-state index in [0.29, 0.717) is 12.5 Å². The highest BCUT2D eigenvalue weighted by atomic mass is 16.3. The van der Waals surface area contributed by atoms with E-state index in [0.717, 1.165) is 18.4 Å². The van der Waals surface area contributed by atoms with Crippen LogP contribution in [0.2, 0.25) is 0 Å². The van der Waals surface area contributed by atoms with Gasteiger partial charge >= 0.3 is 0 Å². The minimum atomic E-state index is 0.388. The second-order valence-corrected chi connectivity index (χ2v) is 5.89. The fraction of sp³-hybridized carbons (Fsp3) is 1.00. The molecule has 0 amide bonds. The molecule has 1 saturated carbocycles. The second kappa shape index (κ2) is 6.02. The molecule has 2 nitrogen and oxygen atoms in total. The summed E-state index contributed by atoms with van der Waals surface area (Å²) in [6.45, 7) is 6.38. The van der Waals surface area contributed by atoms with Crippen LogP contribution in [0.4, 0.5) is 0 Å². The molecule has 0 spiro atoms. The Morgan fingerprint density at radius 2 is 1.69 bits per heavy atom. The average molecular weight is 225 g/mol. The lowest BCUT2D eigenvalue weighted by Crippen LogP contribution is -2.30. The van der Waals surface area contributed by atoms with Crippen molar-refractivity contribution in [1.82, 2.24) is 4.90 Å². The Labute approximate surface area is 100 Å². The summed E-state index contributed by atoms with van der Waals surface area (Å²) in [4.78, 5) is 2.58. The third kappa shape index (κ3) is 3.21. The third-order valence-corrected chi connectivity index (χ3v) is 4.69. The number of nitrogens with zero attached hydrogens (tertiary/aromatic N) is 1. The van der Waals surface area contributed by atoms with E-state index in [2.05, 4.69) is 11.8 Å². The van der Waals surface area contributed by atoms with Gasteiger partial charge in [-0.05, 0) is 43.6 Å². The molecule has 1 aliphatic carbocycles. The first-order valence-corrected chi connectivity index (χ1v) is 7.15. The Kier molecular flexibility index (Phi) is 4.66. The number of aliphatic hydroxyl groups is 1. The van der Waals surface area contributed by atoms with Crippen LogP contribution in [0.3, 0.4) is 0 Å². The smallest absolute Gasteiger partial charge is 0.0471 e. The Balaban J connectivity index is 1.67. The summed E-state index contributed by atoms with van der Waals surface area (Å²) in [5, 5.41) is 9.13. The van der Waals surface area contributed by atoms with E-state index in [-0.39, 0.29) is 0 Å². The zero-order valence-corrected chi connectivity index (χ0v) is 10.7. The fourth-order valence-electron chi connectivity index (χ4n) is 3.42. The van der Waals surface area contributed by atoms with Gasteiger partial charge in [0.15, 0.2) is 0 Å². The largest absolute Gasteiger partial charge is 0.396 e. The molecule has 1 aliphatic heterocycles. The molecule has 1 heterocycles. The van der Waals surface area contributed by atoms with Crippen molar-refractivity contribution in [1.29, 1.82) is 0 Å². The third-order valence-electron chi connectivity index (χ3n) is 4.69. The van der Waals surface area contributed by atoms with Gasteiger partial charge in [0, 0.05) is 19.7 Å². The molecule has 1 atom stereocenters. The summed E-state index contributed by atoms with van der Waals surface area (Å²) in [7, 11) is 0. The van der Waals surface area contributed by atoms with Gasteiger partial charge in [0.1, 0.15) is 0 Å². The standard InChI is InChI=1S/C14H27NO/c1-2-12-3-5-13(6-4-12)9-15-8-7-14(10-15)11-16/h12-14,16H,2-11H2,1H3. The molecule has 2 rings (SSSR count). The highest BCUT2D eigenvalue weighted by Crippen LogP contribution is 2.31. The summed E-state index contributed by atoms with van der Waals surface area (Å²) >= 11 is 0. The normalized spacial score (nSPS) is 36.8. The minimum Gasteiger partial charge on any atom is -0.396 e. The topological polar surface area (TPSA) is 23.5 Å². The monoisotopic (exact) mass is 225 g/mol.